The number of hydrogen-bond donors (Lipinski definition) is 1. The predicted octanol–water partition coefficient (Wildman–Crippen LogP) is 1.77. The molecular weight excluding hydrogens is 278 g/mol. The zero-order valence-electron chi connectivity index (χ0n) is 11.4. The average molecular weight is 295 g/mol. The highest BCUT2D eigenvalue weighted by molar-refractivity contribution is 7.89. The van der Waals surface area contributed by atoms with Gasteiger partial charge in [-0.3, -0.25) is 0 Å². The van der Waals surface area contributed by atoms with Crippen molar-refractivity contribution in [3.05, 3.63) is 36.4 Å². The molecule has 0 spiro atoms. The molecule has 0 aliphatic rings. The molecule has 2 aromatic rings. The second kappa shape index (κ2) is 6.21. The number of methoxy groups -OCH3 is 2. The molecule has 108 valence electrons. The van der Waals surface area contributed by atoms with E-state index in [2.05, 4.69) is 4.72 Å². The molecule has 0 saturated heterocycles. The van der Waals surface area contributed by atoms with Gasteiger partial charge in [0.25, 0.3) is 0 Å². The summed E-state index contributed by atoms with van der Waals surface area (Å²) in [5, 5.41) is 1.40. The SMILES string of the molecule is COCCNS(=O)(=O)c1ccc(OC)c2ccccc12. The number of nitrogens with one attached hydrogen (secondary N) is 1. The number of benzene rings is 2. The third kappa shape index (κ3) is 2.92. The number of fused-ring (bicyclic) bond motifs is 1. The van der Waals surface area contributed by atoms with Crippen molar-refractivity contribution in [1.29, 1.82) is 0 Å². The van der Waals surface area contributed by atoms with Crippen LogP contribution in [0.4, 0.5) is 0 Å². The Hall–Kier alpha value is -1.63. The van der Waals surface area contributed by atoms with Crippen LogP contribution in [0.5, 0.6) is 5.75 Å². The highest BCUT2D eigenvalue weighted by atomic mass is 32.2. The van der Waals surface area contributed by atoms with Gasteiger partial charge < -0.3 is 9.47 Å². The molecule has 0 radical (unpaired) electrons. The molecule has 0 aliphatic carbocycles. The summed E-state index contributed by atoms with van der Waals surface area (Å²) < 4.78 is 37.2. The molecule has 0 bridgehead atoms. The molecule has 6 heteroatoms. The van der Waals surface area contributed by atoms with Gasteiger partial charge in [-0.25, -0.2) is 13.1 Å². The summed E-state index contributed by atoms with van der Waals surface area (Å²) in [7, 11) is -0.482. The lowest BCUT2D eigenvalue weighted by Gasteiger charge is -2.11. The lowest BCUT2D eigenvalue weighted by Crippen LogP contribution is -2.27. The van der Waals surface area contributed by atoms with Gasteiger partial charge in [-0.1, -0.05) is 24.3 Å². The first kappa shape index (κ1) is 14.8. The number of sulfonamides is 1. The van der Waals surface area contributed by atoms with E-state index in [1.807, 2.05) is 12.1 Å². The van der Waals surface area contributed by atoms with Crippen molar-refractivity contribution in [3.63, 3.8) is 0 Å². The summed E-state index contributed by atoms with van der Waals surface area (Å²) >= 11 is 0. The average Bonchev–Trinajstić information content (AvgIpc) is 2.46. The van der Waals surface area contributed by atoms with E-state index in [4.69, 9.17) is 9.47 Å². The first-order valence-corrected chi connectivity index (χ1v) is 7.63. The van der Waals surface area contributed by atoms with E-state index in [1.165, 1.54) is 7.11 Å². The van der Waals surface area contributed by atoms with Crippen molar-refractivity contribution in [1.82, 2.24) is 4.72 Å². The molecule has 1 N–H and O–H groups in total. The van der Waals surface area contributed by atoms with Crippen molar-refractivity contribution >= 4 is 20.8 Å². The van der Waals surface area contributed by atoms with Crippen molar-refractivity contribution in [3.8, 4) is 5.75 Å². The highest BCUT2D eigenvalue weighted by Gasteiger charge is 2.18. The maximum Gasteiger partial charge on any atom is 0.241 e. The van der Waals surface area contributed by atoms with Gasteiger partial charge >= 0.3 is 0 Å². The van der Waals surface area contributed by atoms with Crippen molar-refractivity contribution in [2.24, 2.45) is 0 Å². The highest BCUT2D eigenvalue weighted by Crippen LogP contribution is 2.30. The van der Waals surface area contributed by atoms with Crippen molar-refractivity contribution in [2.75, 3.05) is 27.4 Å². The Kier molecular flexibility index (Phi) is 4.59. The minimum absolute atomic E-state index is 0.235. The monoisotopic (exact) mass is 295 g/mol. The molecule has 0 amide bonds. The van der Waals surface area contributed by atoms with Gasteiger partial charge in [-0.05, 0) is 12.1 Å². The molecule has 0 atom stereocenters. The number of rotatable bonds is 6. The Morgan fingerprint density at radius 1 is 1.05 bits per heavy atom. The van der Waals surface area contributed by atoms with Gasteiger partial charge in [0.2, 0.25) is 10.0 Å². The molecule has 5 nitrogen and oxygen atoms in total. The van der Waals surface area contributed by atoms with Crippen LogP contribution >= 0.6 is 0 Å². The third-order valence-electron chi connectivity index (χ3n) is 2.95. The first-order valence-electron chi connectivity index (χ1n) is 6.14. The Labute approximate surface area is 118 Å². The number of ether oxygens (including phenoxy) is 2. The molecule has 2 aromatic carbocycles. The molecule has 20 heavy (non-hydrogen) atoms. The Morgan fingerprint density at radius 3 is 2.40 bits per heavy atom. The quantitative estimate of drug-likeness (QED) is 0.825. The summed E-state index contributed by atoms with van der Waals surface area (Å²) in [5.41, 5.74) is 0. The van der Waals surface area contributed by atoms with Gasteiger partial charge in [0.05, 0.1) is 18.6 Å². The maximum atomic E-state index is 12.3. The summed E-state index contributed by atoms with van der Waals surface area (Å²) in [5.74, 6) is 0.649. The van der Waals surface area contributed by atoms with Crippen LogP contribution in [0.25, 0.3) is 10.8 Å². The van der Waals surface area contributed by atoms with Crippen LogP contribution in [0.15, 0.2) is 41.3 Å². The second-order valence-corrected chi connectivity index (χ2v) is 5.94. The molecule has 2 rings (SSSR count). The van der Waals surface area contributed by atoms with Crippen LogP contribution in [-0.4, -0.2) is 35.8 Å². The molecule has 0 saturated carbocycles. The van der Waals surface area contributed by atoms with E-state index in [0.29, 0.717) is 17.7 Å². The van der Waals surface area contributed by atoms with E-state index in [9.17, 15) is 8.42 Å². The molecule has 0 heterocycles. The minimum Gasteiger partial charge on any atom is -0.496 e. The van der Waals surface area contributed by atoms with Crippen LogP contribution in [0.1, 0.15) is 0 Å². The van der Waals surface area contributed by atoms with Gasteiger partial charge in [0.1, 0.15) is 5.75 Å². The summed E-state index contributed by atoms with van der Waals surface area (Å²) in [6, 6.07) is 10.5. The Morgan fingerprint density at radius 2 is 1.75 bits per heavy atom. The molecule has 0 unspecified atom stereocenters. The van der Waals surface area contributed by atoms with Crippen molar-refractivity contribution in [2.45, 2.75) is 4.90 Å². The second-order valence-electron chi connectivity index (χ2n) is 4.20. The fourth-order valence-electron chi connectivity index (χ4n) is 2.01. The van der Waals surface area contributed by atoms with Crippen LogP contribution in [-0.2, 0) is 14.8 Å². The van der Waals surface area contributed by atoms with Crippen LogP contribution in [0, 0.1) is 0 Å². The van der Waals surface area contributed by atoms with E-state index in [1.54, 1.807) is 31.4 Å². The Bertz CT molecular complexity index is 697. The molecular formula is C14H17NO4S. The van der Waals surface area contributed by atoms with E-state index < -0.39 is 10.0 Å². The zero-order chi connectivity index (χ0) is 14.6. The van der Waals surface area contributed by atoms with Crippen molar-refractivity contribution < 1.29 is 17.9 Å². The predicted molar refractivity (Wildman–Crippen MR) is 77.6 cm³/mol. The van der Waals surface area contributed by atoms with Crippen LogP contribution in [0.2, 0.25) is 0 Å². The fourth-order valence-corrected chi connectivity index (χ4v) is 3.23. The smallest absolute Gasteiger partial charge is 0.241 e. The lowest BCUT2D eigenvalue weighted by molar-refractivity contribution is 0.204. The van der Waals surface area contributed by atoms with E-state index >= 15 is 0 Å². The van der Waals surface area contributed by atoms with E-state index in [-0.39, 0.29) is 11.4 Å². The lowest BCUT2D eigenvalue weighted by atomic mass is 10.1. The largest absolute Gasteiger partial charge is 0.496 e. The molecule has 0 aromatic heterocycles. The van der Waals surface area contributed by atoms with Gasteiger partial charge in [-0.2, -0.15) is 0 Å². The molecule has 0 fully saturated rings. The standard InChI is InChI=1S/C14H17NO4S/c1-18-10-9-15-20(16,17)14-8-7-13(19-2)11-5-3-4-6-12(11)14/h3-8,15H,9-10H2,1-2H3. The summed E-state index contributed by atoms with van der Waals surface area (Å²) in [4.78, 5) is 0.241. The van der Waals surface area contributed by atoms with Crippen LogP contribution in [0.3, 0.4) is 0 Å². The van der Waals surface area contributed by atoms with Gasteiger partial charge in [-0.15, -0.1) is 0 Å². The third-order valence-corrected chi connectivity index (χ3v) is 4.47. The molecule has 0 aliphatic heterocycles. The van der Waals surface area contributed by atoms with Crippen LogP contribution < -0.4 is 9.46 Å². The van der Waals surface area contributed by atoms with Gasteiger partial charge in [0, 0.05) is 24.4 Å². The Balaban J connectivity index is 2.50. The topological polar surface area (TPSA) is 64.6 Å². The number of hydrogen-bond acceptors (Lipinski definition) is 4. The zero-order valence-corrected chi connectivity index (χ0v) is 12.2. The van der Waals surface area contributed by atoms with E-state index in [0.717, 1.165) is 5.39 Å². The fraction of sp³-hybridized carbons (Fsp3) is 0.286. The maximum absolute atomic E-state index is 12.3. The van der Waals surface area contributed by atoms with Gasteiger partial charge in [0.15, 0.2) is 0 Å². The summed E-state index contributed by atoms with van der Waals surface area (Å²) in [6.45, 7) is 0.562. The normalized spacial score (nSPS) is 11.7. The summed E-state index contributed by atoms with van der Waals surface area (Å²) in [6.07, 6.45) is 0. The first-order chi connectivity index (χ1) is 9.60. The minimum atomic E-state index is -3.57.